The van der Waals surface area contributed by atoms with Crippen LogP contribution in [0.1, 0.15) is 47.7 Å². The number of carbonyl (C=O) groups excluding carboxylic acids is 1. The summed E-state index contributed by atoms with van der Waals surface area (Å²) in [5.74, 6) is 0.930. The minimum atomic E-state index is -0.0107. The summed E-state index contributed by atoms with van der Waals surface area (Å²) >= 11 is 1.66. The van der Waals surface area contributed by atoms with Crippen molar-refractivity contribution < 1.29 is 4.79 Å². The summed E-state index contributed by atoms with van der Waals surface area (Å²) < 4.78 is 1.89. The summed E-state index contributed by atoms with van der Waals surface area (Å²) in [5.41, 5.74) is 1.05. The van der Waals surface area contributed by atoms with Gasteiger partial charge in [-0.25, -0.2) is 9.97 Å². The minimum Gasteiger partial charge on any atom is -0.345 e. The molecule has 0 unspecified atom stereocenters. The minimum absolute atomic E-state index is 0.0000520. The van der Waals surface area contributed by atoms with Crippen molar-refractivity contribution in [3.05, 3.63) is 33.8 Å². The topological polar surface area (TPSA) is 59.8 Å². The molecule has 0 fully saturated rings. The Morgan fingerprint density at radius 2 is 2.19 bits per heavy atom. The van der Waals surface area contributed by atoms with Crippen LogP contribution in [0.25, 0.3) is 0 Å². The predicted octanol–water partition coefficient (Wildman–Crippen LogP) is 2.79. The van der Waals surface area contributed by atoms with E-state index in [9.17, 15) is 4.79 Å². The Morgan fingerprint density at radius 3 is 2.76 bits per heavy atom. The molecule has 0 saturated carbocycles. The Bertz CT molecular complexity index is 597. The number of hydrogen-bond acceptors (Lipinski definition) is 4. The van der Waals surface area contributed by atoms with E-state index in [4.69, 9.17) is 0 Å². The Balaban J connectivity index is 2.03. The molecule has 0 aliphatic rings. The van der Waals surface area contributed by atoms with Crippen molar-refractivity contribution in [2.75, 3.05) is 0 Å². The summed E-state index contributed by atoms with van der Waals surface area (Å²) in [6.45, 7) is 8.47. The second kappa shape index (κ2) is 6.85. The van der Waals surface area contributed by atoms with Crippen molar-refractivity contribution in [3.63, 3.8) is 0 Å². The molecule has 114 valence electrons. The lowest BCUT2D eigenvalue weighted by atomic mass is 10.2. The highest BCUT2D eigenvalue weighted by Crippen LogP contribution is 2.24. The fourth-order valence-corrected chi connectivity index (χ4v) is 3.24. The Kier molecular flexibility index (Phi) is 5.12. The van der Waals surface area contributed by atoms with Gasteiger partial charge >= 0.3 is 0 Å². The van der Waals surface area contributed by atoms with Gasteiger partial charge in [0.25, 0.3) is 0 Å². The maximum absolute atomic E-state index is 12.2. The molecule has 1 amide bonds. The number of carbonyl (C=O) groups is 1. The molecule has 2 heterocycles. The zero-order chi connectivity index (χ0) is 15.4. The molecule has 5 nitrogen and oxygen atoms in total. The number of nitrogens with one attached hydrogen (secondary N) is 1. The lowest BCUT2D eigenvalue weighted by molar-refractivity contribution is -0.122. The van der Waals surface area contributed by atoms with Crippen molar-refractivity contribution in [1.29, 1.82) is 0 Å². The van der Waals surface area contributed by atoms with E-state index in [0.29, 0.717) is 6.54 Å². The third-order valence-corrected chi connectivity index (χ3v) is 4.71. The van der Waals surface area contributed by atoms with E-state index in [-0.39, 0.29) is 11.9 Å². The van der Waals surface area contributed by atoms with Gasteiger partial charge in [-0.1, -0.05) is 13.8 Å². The first kappa shape index (κ1) is 15.7. The molecule has 1 atom stereocenters. The van der Waals surface area contributed by atoms with E-state index in [1.807, 2.05) is 24.6 Å². The van der Waals surface area contributed by atoms with Crippen LogP contribution >= 0.6 is 11.3 Å². The van der Waals surface area contributed by atoms with Crippen molar-refractivity contribution in [2.24, 2.45) is 0 Å². The van der Waals surface area contributed by atoms with Crippen LogP contribution in [0.2, 0.25) is 0 Å². The summed E-state index contributed by atoms with van der Waals surface area (Å²) in [6, 6.07) is -0.0107. The van der Waals surface area contributed by atoms with Gasteiger partial charge in [0.15, 0.2) is 0 Å². The number of rotatable bonds is 6. The van der Waals surface area contributed by atoms with Gasteiger partial charge in [-0.05, 0) is 20.3 Å². The van der Waals surface area contributed by atoms with E-state index in [2.05, 4.69) is 29.1 Å². The molecule has 1 N–H and O–H groups in total. The molecular formula is C15H22N4OS. The number of amides is 1. The highest BCUT2D eigenvalue weighted by atomic mass is 32.1. The zero-order valence-electron chi connectivity index (χ0n) is 13.0. The summed E-state index contributed by atoms with van der Waals surface area (Å²) in [4.78, 5) is 22.2. The fraction of sp³-hybridized carbons (Fsp3) is 0.533. The standard InChI is InChI=1S/C15H22N4OS/c1-5-12(15-17-10(3)11(4)21-15)18-14(20)9-19-8-7-16-13(19)6-2/h7-8,12H,5-6,9H2,1-4H3,(H,18,20)/t12-/m1/s1. The number of imidazole rings is 1. The van der Waals surface area contributed by atoms with Gasteiger partial charge in [0.2, 0.25) is 5.91 Å². The molecule has 0 aliphatic carbocycles. The highest BCUT2D eigenvalue weighted by Gasteiger charge is 2.17. The van der Waals surface area contributed by atoms with E-state index < -0.39 is 0 Å². The Labute approximate surface area is 129 Å². The Hall–Kier alpha value is -1.69. The van der Waals surface area contributed by atoms with Crippen molar-refractivity contribution >= 4 is 17.2 Å². The fourth-order valence-electron chi connectivity index (χ4n) is 2.18. The summed E-state index contributed by atoms with van der Waals surface area (Å²) in [5, 5.41) is 4.06. The third-order valence-electron chi connectivity index (χ3n) is 3.52. The van der Waals surface area contributed by atoms with Crippen LogP contribution < -0.4 is 5.32 Å². The SMILES string of the molecule is CCc1nccn1CC(=O)N[C@H](CC)c1nc(C)c(C)s1. The quantitative estimate of drug-likeness (QED) is 0.892. The summed E-state index contributed by atoms with van der Waals surface area (Å²) in [7, 11) is 0. The molecule has 2 aromatic heterocycles. The first-order valence-electron chi connectivity index (χ1n) is 7.28. The van der Waals surface area contributed by atoms with Gasteiger partial charge in [-0.15, -0.1) is 11.3 Å². The first-order chi connectivity index (χ1) is 10.0. The van der Waals surface area contributed by atoms with E-state index in [0.717, 1.165) is 29.4 Å². The van der Waals surface area contributed by atoms with Crippen molar-refractivity contribution in [1.82, 2.24) is 19.9 Å². The number of aromatic nitrogens is 3. The molecule has 0 bridgehead atoms. The smallest absolute Gasteiger partial charge is 0.240 e. The number of nitrogens with zero attached hydrogens (tertiary/aromatic N) is 3. The van der Waals surface area contributed by atoms with Crippen LogP contribution in [0.15, 0.2) is 12.4 Å². The maximum atomic E-state index is 12.2. The molecule has 0 radical (unpaired) electrons. The van der Waals surface area contributed by atoms with Gasteiger partial charge in [-0.3, -0.25) is 4.79 Å². The van der Waals surface area contributed by atoms with Gasteiger partial charge in [-0.2, -0.15) is 0 Å². The second-order valence-electron chi connectivity index (χ2n) is 5.05. The largest absolute Gasteiger partial charge is 0.345 e. The average Bonchev–Trinajstić information content (AvgIpc) is 3.03. The molecule has 21 heavy (non-hydrogen) atoms. The molecule has 2 rings (SSSR count). The maximum Gasteiger partial charge on any atom is 0.240 e. The lowest BCUT2D eigenvalue weighted by Crippen LogP contribution is -2.31. The van der Waals surface area contributed by atoms with Crippen LogP contribution in [-0.4, -0.2) is 20.4 Å². The van der Waals surface area contributed by atoms with E-state index in [1.54, 1.807) is 17.5 Å². The average molecular weight is 306 g/mol. The van der Waals surface area contributed by atoms with E-state index in [1.165, 1.54) is 4.88 Å². The molecule has 2 aromatic rings. The van der Waals surface area contributed by atoms with Gasteiger partial charge in [0, 0.05) is 23.7 Å². The van der Waals surface area contributed by atoms with Crippen LogP contribution in [0, 0.1) is 13.8 Å². The highest BCUT2D eigenvalue weighted by molar-refractivity contribution is 7.11. The monoisotopic (exact) mass is 306 g/mol. The number of hydrogen-bond donors (Lipinski definition) is 1. The third kappa shape index (κ3) is 3.69. The van der Waals surface area contributed by atoms with E-state index >= 15 is 0 Å². The second-order valence-corrected chi connectivity index (χ2v) is 6.28. The summed E-state index contributed by atoms with van der Waals surface area (Å²) in [6.07, 6.45) is 5.24. The molecule has 6 heteroatoms. The van der Waals surface area contributed by atoms with Crippen LogP contribution in [0.3, 0.4) is 0 Å². The van der Waals surface area contributed by atoms with Gasteiger partial charge in [0.1, 0.15) is 17.4 Å². The van der Waals surface area contributed by atoms with Crippen molar-refractivity contribution in [3.8, 4) is 0 Å². The normalized spacial score (nSPS) is 12.4. The first-order valence-corrected chi connectivity index (χ1v) is 8.10. The van der Waals surface area contributed by atoms with Crippen LogP contribution in [0.4, 0.5) is 0 Å². The van der Waals surface area contributed by atoms with Crippen LogP contribution in [-0.2, 0) is 17.8 Å². The number of aryl methyl sites for hydroxylation is 3. The van der Waals surface area contributed by atoms with Gasteiger partial charge < -0.3 is 9.88 Å². The van der Waals surface area contributed by atoms with Gasteiger partial charge in [0.05, 0.1) is 11.7 Å². The van der Waals surface area contributed by atoms with Crippen LogP contribution in [0.5, 0.6) is 0 Å². The predicted molar refractivity (Wildman–Crippen MR) is 84.4 cm³/mol. The Morgan fingerprint density at radius 1 is 1.43 bits per heavy atom. The molecule has 0 spiro atoms. The molecule has 0 aromatic carbocycles. The van der Waals surface area contributed by atoms with Crippen molar-refractivity contribution in [2.45, 2.75) is 53.1 Å². The molecule has 0 saturated heterocycles. The molecular weight excluding hydrogens is 284 g/mol. The number of thiazole rings is 1. The zero-order valence-corrected chi connectivity index (χ0v) is 13.8. The molecule has 0 aliphatic heterocycles. The lowest BCUT2D eigenvalue weighted by Gasteiger charge is -2.15.